The highest BCUT2D eigenvalue weighted by atomic mass is 16.5. The van der Waals surface area contributed by atoms with Crippen molar-refractivity contribution in [2.45, 2.75) is 33.1 Å². The van der Waals surface area contributed by atoms with Gasteiger partial charge in [-0.2, -0.15) is 0 Å². The fraction of sp³-hybridized carbons (Fsp3) is 0.385. The Morgan fingerprint density at radius 2 is 1.93 bits per heavy atom. The van der Waals surface area contributed by atoms with Gasteiger partial charge in [0.25, 0.3) is 0 Å². The second kappa shape index (κ2) is 3.87. The van der Waals surface area contributed by atoms with Gasteiger partial charge in [0, 0.05) is 5.56 Å². The number of ether oxygens (including phenoxy) is 1. The molecule has 0 aliphatic rings. The Morgan fingerprint density at radius 3 is 2.43 bits per heavy atom. The molecule has 0 heterocycles. The molecule has 0 radical (unpaired) electrons. The quantitative estimate of drug-likeness (QED) is 0.644. The van der Waals surface area contributed by atoms with Crippen LogP contribution in [0.3, 0.4) is 0 Å². The van der Waals surface area contributed by atoms with Crippen LogP contribution >= 0.6 is 0 Å². The normalized spacial score (nSPS) is 11.1. The molecule has 1 aromatic carbocycles. The van der Waals surface area contributed by atoms with Crippen molar-refractivity contribution in [3.05, 3.63) is 42.2 Å². The molecule has 0 aromatic heterocycles. The van der Waals surface area contributed by atoms with E-state index in [4.69, 9.17) is 4.74 Å². The molecule has 1 aromatic rings. The summed E-state index contributed by atoms with van der Waals surface area (Å²) in [6.45, 7) is 12.2. The van der Waals surface area contributed by atoms with Gasteiger partial charge in [-0.05, 0) is 24.0 Å². The molecular weight excluding hydrogens is 172 g/mol. The first-order valence-corrected chi connectivity index (χ1v) is 4.84. The molecule has 0 fully saturated rings. The molecule has 0 aliphatic carbocycles. The SMILES string of the molecule is C=COc1cc(C)ccc1C(C)(C)C. The van der Waals surface area contributed by atoms with Crippen LogP contribution in [0.15, 0.2) is 31.0 Å². The summed E-state index contributed by atoms with van der Waals surface area (Å²) in [6.07, 6.45) is 1.48. The third-order valence-electron chi connectivity index (χ3n) is 2.16. The summed E-state index contributed by atoms with van der Waals surface area (Å²) >= 11 is 0. The van der Waals surface area contributed by atoms with Gasteiger partial charge in [0.2, 0.25) is 0 Å². The van der Waals surface area contributed by atoms with Gasteiger partial charge < -0.3 is 4.74 Å². The molecule has 76 valence electrons. The van der Waals surface area contributed by atoms with Crippen LogP contribution in [0, 0.1) is 6.92 Å². The van der Waals surface area contributed by atoms with Gasteiger partial charge >= 0.3 is 0 Å². The van der Waals surface area contributed by atoms with E-state index in [1.807, 2.05) is 6.07 Å². The Bertz CT molecular complexity index is 332. The lowest BCUT2D eigenvalue weighted by atomic mass is 9.86. The average Bonchev–Trinajstić information content (AvgIpc) is 2.02. The third kappa shape index (κ3) is 2.38. The fourth-order valence-corrected chi connectivity index (χ4v) is 1.44. The van der Waals surface area contributed by atoms with E-state index >= 15 is 0 Å². The first-order chi connectivity index (χ1) is 6.45. The zero-order valence-corrected chi connectivity index (χ0v) is 9.42. The van der Waals surface area contributed by atoms with Gasteiger partial charge in [-0.25, -0.2) is 0 Å². The first-order valence-electron chi connectivity index (χ1n) is 4.84. The Balaban J connectivity index is 3.21. The van der Waals surface area contributed by atoms with E-state index in [1.165, 1.54) is 17.4 Å². The molecule has 0 atom stereocenters. The molecule has 14 heavy (non-hydrogen) atoms. The average molecular weight is 190 g/mol. The molecule has 0 N–H and O–H groups in total. The van der Waals surface area contributed by atoms with Crippen LogP contribution in [0.25, 0.3) is 0 Å². The summed E-state index contributed by atoms with van der Waals surface area (Å²) in [5.41, 5.74) is 2.52. The molecule has 1 nitrogen and oxygen atoms in total. The second-order valence-corrected chi connectivity index (χ2v) is 4.53. The van der Waals surface area contributed by atoms with Crippen molar-refractivity contribution in [2.24, 2.45) is 0 Å². The van der Waals surface area contributed by atoms with Gasteiger partial charge in [-0.1, -0.05) is 39.5 Å². The highest BCUT2D eigenvalue weighted by molar-refractivity contribution is 5.41. The Morgan fingerprint density at radius 1 is 1.29 bits per heavy atom. The zero-order valence-electron chi connectivity index (χ0n) is 9.42. The highest BCUT2D eigenvalue weighted by Crippen LogP contribution is 2.31. The van der Waals surface area contributed by atoms with Crippen molar-refractivity contribution in [3.8, 4) is 5.75 Å². The number of benzene rings is 1. The van der Waals surface area contributed by atoms with Crippen LogP contribution in [-0.2, 0) is 5.41 Å². The molecule has 1 heteroatoms. The predicted molar refractivity (Wildman–Crippen MR) is 60.7 cm³/mol. The molecule has 0 amide bonds. The number of rotatable bonds is 2. The Hall–Kier alpha value is -1.24. The molecule has 0 saturated heterocycles. The van der Waals surface area contributed by atoms with Crippen molar-refractivity contribution in [1.82, 2.24) is 0 Å². The summed E-state index contributed by atoms with van der Waals surface area (Å²) < 4.78 is 5.41. The van der Waals surface area contributed by atoms with Gasteiger partial charge in [0.15, 0.2) is 0 Å². The number of aryl methyl sites for hydroxylation is 1. The molecule has 0 bridgehead atoms. The lowest BCUT2D eigenvalue weighted by molar-refractivity contribution is 0.455. The van der Waals surface area contributed by atoms with E-state index in [0.29, 0.717) is 0 Å². The van der Waals surface area contributed by atoms with Crippen molar-refractivity contribution in [2.75, 3.05) is 0 Å². The van der Waals surface area contributed by atoms with Gasteiger partial charge in [0.05, 0.1) is 6.26 Å². The minimum atomic E-state index is 0.103. The maximum atomic E-state index is 5.41. The van der Waals surface area contributed by atoms with Crippen LogP contribution in [0.1, 0.15) is 31.9 Å². The smallest absolute Gasteiger partial charge is 0.130 e. The number of hydrogen-bond acceptors (Lipinski definition) is 1. The minimum absolute atomic E-state index is 0.103. The summed E-state index contributed by atoms with van der Waals surface area (Å²) in [6, 6.07) is 6.27. The van der Waals surface area contributed by atoms with Crippen molar-refractivity contribution < 1.29 is 4.74 Å². The number of hydrogen-bond donors (Lipinski definition) is 0. The van der Waals surface area contributed by atoms with Crippen LogP contribution < -0.4 is 4.74 Å². The van der Waals surface area contributed by atoms with E-state index in [-0.39, 0.29) is 5.41 Å². The van der Waals surface area contributed by atoms with E-state index in [2.05, 4.69) is 46.4 Å². The maximum Gasteiger partial charge on any atom is 0.130 e. The van der Waals surface area contributed by atoms with E-state index in [0.717, 1.165) is 5.75 Å². The fourth-order valence-electron chi connectivity index (χ4n) is 1.44. The first kappa shape index (κ1) is 10.8. The van der Waals surface area contributed by atoms with E-state index in [1.54, 1.807) is 0 Å². The predicted octanol–water partition coefficient (Wildman–Crippen LogP) is 3.81. The molecule has 0 unspecified atom stereocenters. The van der Waals surface area contributed by atoms with Crippen LogP contribution in [0.2, 0.25) is 0 Å². The molecule has 0 spiro atoms. The van der Waals surface area contributed by atoms with Crippen LogP contribution in [0.4, 0.5) is 0 Å². The van der Waals surface area contributed by atoms with E-state index < -0.39 is 0 Å². The summed E-state index contributed by atoms with van der Waals surface area (Å²) in [4.78, 5) is 0. The topological polar surface area (TPSA) is 9.23 Å². The second-order valence-electron chi connectivity index (χ2n) is 4.53. The van der Waals surface area contributed by atoms with Crippen molar-refractivity contribution in [1.29, 1.82) is 0 Å². The maximum absolute atomic E-state index is 5.41. The summed E-state index contributed by atoms with van der Waals surface area (Å²) in [7, 11) is 0. The van der Waals surface area contributed by atoms with Crippen molar-refractivity contribution >= 4 is 0 Å². The molecule has 0 saturated carbocycles. The third-order valence-corrected chi connectivity index (χ3v) is 2.16. The lowest BCUT2D eigenvalue weighted by Crippen LogP contribution is -2.12. The zero-order chi connectivity index (χ0) is 10.8. The monoisotopic (exact) mass is 190 g/mol. The standard InChI is InChI=1S/C13H18O/c1-6-14-12-9-10(2)7-8-11(12)13(3,4)5/h6-9H,1H2,2-5H3. The lowest BCUT2D eigenvalue weighted by Gasteiger charge is -2.22. The summed E-state index contributed by atoms with van der Waals surface area (Å²) in [5, 5.41) is 0. The van der Waals surface area contributed by atoms with Gasteiger partial charge in [-0.3, -0.25) is 0 Å². The highest BCUT2D eigenvalue weighted by Gasteiger charge is 2.18. The van der Waals surface area contributed by atoms with Crippen LogP contribution in [-0.4, -0.2) is 0 Å². The van der Waals surface area contributed by atoms with Gasteiger partial charge in [-0.15, -0.1) is 0 Å². The van der Waals surface area contributed by atoms with Crippen molar-refractivity contribution in [3.63, 3.8) is 0 Å². The molecule has 0 aliphatic heterocycles. The Kier molecular flexibility index (Phi) is 3.00. The minimum Gasteiger partial charge on any atom is -0.465 e. The van der Waals surface area contributed by atoms with Crippen LogP contribution in [0.5, 0.6) is 5.75 Å². The Labute approximate surface area is 86.4 Å². The molecular formula is C13H18O. The largest absolute Gasteiger partial charge is 0.465 e. The molecule has 1 rings (SSSR count). The van der Waals surface area contributed by atoms with E-state index in [9.17, 15) is 0 Å². The summed E-state index contributed by atoms with van der Waals surface area (Å²) in [5.74, 6) is 0.910. The van der Waals surface area contributed by atoms with Gasteiger partial charge in [0.1, 0.15) is 5.75 Å².